The number of aliphatic carboxylic acids is 2. The molecule has 0 aliphatic heterocycles. The molecule has 0 aromatic heterocycles. The number of aliphatic hydroxyl groups excluding tert-OH is 1. The lowest BCUT2D eigenvalue weighted by atomic mass is 10.2. The van der Waals surface area contributed by atoms with Crippen molar-refractivity contribution in [3.05, 3.63) is 0 Å². The monoisotopic (exact) mass is 250 g/mol. The number of aliphatic hydroxyl groups is 1. The summed E-state index contributed by atoms with van der Waals surface area (Å²) in [6.07, 6.45) is 0.658. The van der Waals surface area contributed by atoms with Gasteiger partial charge in [0, 0.05) is 13.0 Å². The third-order valence-electron chi connectivity index (χ3n) is 1.75. The van der Waals surface area contributed by atoms with E-state index in [0.717, 1.165) is 13.0 Å². The van der Waals surface area contributed by atoms with Crippen LogP contribution in [-0.4, -0.2) is 65.4 Å². The van der Waals surface area contributed by atoms with Crippen molar-refractivity contribution in [2.24, 2.45) is 5.73 Å². The SMILES string of the molecule is CN(C)CCCO.N[C@@H](CCC(=O)O)C(=O)O. The smallest absolute Gasteiger partial charge is 0.320 e. The van der Waals surface area contributed by atoms with Gasteiger partial charge in [-0.2, -0.15) is 0 Å². The Morgan fingerprint density at radius 3 is 2.06 bits per heavy atom. The summed E-state index contributed by atoms with van der Waals surface area (Å²) < 4.78 is 0. The van der Waals surface area contributed by atoms with Gasteiger partial charge in [0.25, 0.3) is 0 Å². The summed E-state index contributed by atoms with van der Waals surface area (Å²) in [5.74, 6) is -2.20. The van der Waals surface area contributed by atoms with Crippen molar-refractivity contribution in [2.45, 2.75) is 25.3 Å². The number of carboxylic acid groups (broad SMARTS) is 2. The summed E-state index contributed by atoms with van der Waals surface area (Å²) >= 11 is 0. The standard InChI is InChI=1S/C5H9NO4.C5H13NO/c6-3(5(9)10)1-2-4(7)8;1-6(2)4-3-5-7/h3H,1-2,6H2,(H,7,8)(H,9,10);7H,3-5H2,1-2H3/t3-;/m0./s1. The molecule has 0 rings (SSSR count). The average molecular weight is 250 g/mol. The number of nitrogens with two attached hydrogens (primary N) is 1. The van der Waals surface area contributed by atoms with Crippen LogP contribution in [0, 0.1) is 0 Å². The van der Waals surface area contributed by atoms with Crippen molar-refractivity contribution in [1.29, 1.82) is 0 Å². The van der Waals surface area contributed by atoms with Crippen LogP contribution in [0.3, 0.4) is 0 Å². The Morgan fingerprint density at radius 1 is 1.29 bits per heavy atom. The first-order valence-corrected chi connectivity index (χ1v) is 5.27. The minimum atomic E-state index is -1.17. The maximum atomic E-state index is 9.99. The van der Waals surface area contributed by atoms with Gasteiger partial charge < -0.3 is 26.0 Å². The van der Waals surface area contributed by atoms with Gasteiger partial charge in [0.1, 0.15) is 6.04 Å². The molecule has 102 valence electrons. The van der Waals surface area contributed by atoms with Crippen LogP contribution in [0.2, 0.25) is 0 Å². The molecule has 5 N–H and O–H groups in total. The highest BCUT2D eigenvalue weighted by Gasteiger charge is 2.12. The summed E-state index contributed by atoms with van der Waals surface area (Å²) in [6, 6.07) is -1.06. The number of carboxylic acids is 2. The predicted octanol–water partition coefficient (Wildman–Crippen LogP) is -0.806. The first kappa shape index (κ1) is 18.2. The van der Waals surface area contributed by atoms with Gasteiger partial charge >= 0.3 is 11.9 Å². The molecule has 0 bridgehead atoms. The molecule has 7 heteroatoms. The molecular weight excluding hydrogens is 228 g/mol. The van der Waals surface area contributed by atoms with Crippen LogP contribution in [0.1, 0.15) is 19.3 Å². The van der Waals surface area contributed by atoms with Gasteiger partial charge in [-0.3, -0.25) is 9.59 Å². The Labute approximate surface area is 101 Å². The molecule has 0 amide bonds. The van der Waals surface area contributed by atoms with Crippen molar-refractivity contribution in [3.63, 3.8) is 0 Å². The van der Waals surface area contributed by atoms with Gasteiger partial charge in [0.05, 0.1) is 0 Å². The minimum Gasteiger partial charge on any atom is -0.481 e. The molecule has 0 unspecified atom stereocenters. The van der Waals surface area contributed by atoms with E-state index in [9.17, 15) is 9.59 Å². The van der Waals surface area contributed by atoms with Crippen LogP contribution < -0.4 is 5.73 Å². The summed E-state index contributed by atoms with van der Waals surface area (Å²) in [6.45, 7) is 1.29. The Kier molecular flexibility index (Phi) is 12.1. The molecule has 7 nitrogen and oxygen atoms in total. The third kappa shape index (κ3) is 17.4. The zero-order valence-corrected chi connectivity index (χ0v) is 10.3. The van der Waals surface area contributed by atoms with Crippen LogP contribution >= 0.6 is 0 Å². The zero-order chi connectivity index (χ0) is 13.8. The molecule has 0 saturated carbocycles. The Hall–Kier alpha value is -1.18. The Balaban J connectivity index is 0. The second-order valence-electron chi connectivity index (χ2n) is 3.76. The highest BCUT2D eigenvalue weighted by atomic mass is 16.4. The number of hydrogen-bond donors (Lipinski definition) is 4. The molecule has 17 heavy (non-hydrogen) atoms. The van der Waals surface area contributed by atoms with E-state index >= 15 is 0 Å². The number of rotatable bonds is 7. The Bertz CT molecular complexity index is 221. The largest absolute Gasteiger partial charge is 0.481 e. The van der Waals surface area contributed by atoms with Gasteiger partial charge in [-0.1, -0.05) is 0 Å². The molecule has 0 aliphatic carbocycles. The highest BCUT2D eigenvalue weighted by molar-refractivity contribution is 5.74. The van der Waals surface area contributed by atoms with Crippen LogP contribution in [0.5, 0.6) is 0 Å². The molecule has 0 heterocycles. The first-order valence-electron chi connectivity index (χ1n) is 5.27. The van der Waals surface area contributed by atoms with E-state index < -0.39 is 18.0 Å². The zero-order valence-electron chi connectivity index (χ0n) is 10.3. The molecule has 1 atom stereocenters. The molecular formula is C10H22N2O5. The number of hydrogen-bond acceptors (Lipinski definition) is 5. The molecule has 0 spiro atoms. The van der Waals surface area contributed by atoms with Crippen LogP contribution in [0.25, 0.3) is 0 Å². The van der Waals surface area contributed by atoms with Gasteiger partial charge in [0.2, 0.25) is 0 Å². The van der Waals surface area contributed by atoms with Crippen molar-refractivity contribution in [2.75, 3.05) is 27.2 Å². The lowest BCUT2D eigenvalue weighted by molar-refractivity contribution is -0.139. The average Bonchev–Trinajstić information content (AvgIpc) is 2.23. The summed E-state index contributed by atoms with van der Waals surface area (Å²) in [7, 11) is 3.99. The topological polar surface area (TPSA) is 124 Å². The molecule has 0 saturated heterocycles. The number of carbonyl (C=O) groups is 2. The summed E-state index contributed by atoms with van der Waals surface area (Å²) in [5.41, 5.74) is 5.00. The summed E-state index contributed by atoms with van der Waals surface area (Å²) in [5, 5.41) is 24.6. The van der Waals surface area contributed by atoms with E-state index in [1.807, 2.05) is 14.1 Å². The maximum Gasteiger partial charge on any atom is 0.320 e. The predicted molar refractivity (Wildman–Crippen MR) is 62.7 cm³/mol. The summed E-state index contributed by atoms with van der Waals surface area (Å²) in [4.78, 5) is 21.9. The second-order valence-corrected chi connectivity index (χ2v) is 3.76. The van der Waals surface area contributed by atoms with E-state index in [1.165, 1.54) is 0 Å². The normalized spacial score (nSPS) is 11.6. The van der Waals surface area contributed by atoms with E-state index in [0.29, 0.717) is 6.61 Å². The van der Waals surface area contributed by atoms with Crippen molar-refractivity contribution < 1.29 is 24.9 Å². The van der Waals surface area contributed by atoms with Crippen molar-refractivity contribution in [3.8, 4) is 0 Å². The molecule has 0 aromatic rings. The quantitative estimate of drug-likeness (QED) is 0.466. The highest BCUT2D eigenvalue weighted by Crippen LogP contribution is 1.93. The third-order valence-corrected chi connectivity index (χ3v) is 1.75. The van der Waals surface area contributed by atoms with E-state index in [-0.39, 0.29) is 12.8 Å². The van der Waals surface area contributed by atoms with Crippen molar-refractivity contribution >= 4 is 11.9 Å². The first-order chi connectivity index (χ1) is 7.81. The van der Waals surface area contributed by atoms with Crippen LogP contribution in [0.4, 0.5) is 0 Å². The minimum absolute atomic E-state index is 0.0231. The maximum absolute atomic E-state index is 9.99. The van der Waals surface area contributed by atoms with Gasteiger partial charge in [-0.05, 0) is 33.5 Å². The fourth-order valence-corrected chi connectivity index (χ4v) is 0.789. The van der Waals surface area contributed by atoms with Crippen LogP contribution in [-0.2, 0) is 9.59 Å². The number of nitrogens with zero attached hydrogens (tertiary/aromatic N) is 1. The molecule has 0 aromatic carbocycles. The molecule has 0 aliphatic rings. The molecule has 0 fully saturated rings. The second kappa shape index (κ2) is 11.3. The van der Waals surface area contributed by atoms with E-state index in [4.69, 9.17) is 21.1 Å². The fraction of sp³-hybridized carbons (Fsp3) is 0.800. The lowest BCUT2D eigenvalue weighted by Gasteiger charge is -2.05. The van der Waals surface area contributed by atoms with Crippen LogP contribution in [0.15, 0.2) is 0 Å². The van der Waals surface area contributed by atoms with E-state index in [2.05, 4.69) is 4.90 Å². The molecule has 0 radical (unpaired) electrons. The van der Waals surface area contributed by atoms with Gasteiger partial charge in [-0.15, -0.1) is 0 Å². The van der Waals surface area contributed by atoms with Gasteiger partial charge in [-0.25, -0.2) is 0 Å². The van der Waals surface area contributed by atoms with Gasteiger partial charge in [0.15, 0.2) is 0 Å². The Morgan fingerprint density at radius 2 is 1.82 bits per heavy atom. The van der Waals surface area contributed by atoms with E-state index in [1.54, 1.807) is 0 Å². The van der Waals surface area contributed by atoms with Crippen molar-refractivity contribution in [1.82, 2.24) is 4.90 Å². The fourth-order valence-electron chi connectivity index (χ4n) is 0.789. The lowest BCUT2D eigenvalue weighted by Crippen LogP contribution is -2.30.